The minimum absolute atomic E-state index is 0.251. The molecule has 1 aromatic heterocycles. The molecule has 0 unspecified atom stereocenters. The van der Waals surface area contributed by atoms with Gasteiger partial charge in [-0.25, -0.2) is 4.98 Å². The summed E-state index contributed by atoms with van der Waals surface area (Å²) >= 11 is 0. The molecule has 1 aliphatic heterocycles. The van der Waals surface area contributed by atoms with Gasteiger partial charge in [-0.3, -0.25) is 4.90 Å². The molecule has 0 radical (unpaired) electrons. The number of nitrogens with zero attached hydrogens (tertiary/aromatic N) is 3. The Morgan fingerprint density at radius 2 is 1.80 bits per heavy atom. The smallest absolute Gasteiger partial charge is 0.128 e. The zero-order valence-corrected chi connectivity index (χ0v) is 13.3. The predicted molar refractivity (Wildman–Crippen MR) is 85.4 cm³/mol. The summed E-state index contributed by atoms with van der Waals surface area (Å²) in [5, 5.41) is 8.92. The molecule has 0 bridgehead atoms. The summed E-state index contributed by atoms with van der Waals surface area (Å²) < 4.78 is 0. The fraction of sp³-hybridized carbons (Fsp3) is 0.688. The first-order chi connectivity index (χ1) is 9.70. The topological polar surface area (TPSA) is 39.6 Å². The molecule has 114 valence electrons. The molecule has 0 aromatic carbocycles. The third-order valence-corrected chi connectivity index (χ3v) is 3.55. The molecule has 2 heterocycles. The highest BCUT2D eigenvalue weighted by molar-refractivity contribution is 5.40. The highest BCUT2D eigenvalue weighted by atomic mass is 16.3. The van der Waals surface area contributed by atoms with Gasteiger partial charge in [0.25, 0.3) is 0 Å². The Bertz CT molecular complexity index is 356. The quantitative estimate of drug-likeness (QED) is 0.918. The van der Waals surface area contributed by atoms with Gasteiger partial charge in [0.1, 0.15) is 5.82 Å². The molecule has 1 fully saturated rings. The van der Waals surface area contributed by atoms with E-state index in [1.807, 2.05) is 20.0 Å². The summed E-state index contributed by atoms with van der Waals surface area (Å²) in [6.45, 7) is 13.4. The molecule has 0 amide bonds. The Kier molecular flexibility index (Phi) is 7.55. The number of hydrogen-bond acceptors (Lipinski definition) is 4. The molecule has 0 aliphatic carbocycles. The first-order valence-electron chi connectivity index (χ1n) is 7.75. The maximum Gasteiger partial charge on any atom is 0.128 e. The van der Waals surface area contributed by atoms with Crippen LogP contribution in [0.4, 0.5) is 5.82 Å². The van der Waals surface area contributed by atoms with E-state index < -0.39 is 0 Å². The minimum atomic E-state index is 0.251. The van der Waals surface area contributed by atoms with Crippen molar-refractivity contribution in [1.82, 2.24) is 9.88 Å². The highest BCUT2D eigenvalue weighted by Crippen LogP contribution is 2.18. The second-order valence-corrected chi connectivity index (χ2v) is 5.16. The monoisotopic (exact) mass is 279 g/mol. The molecule has 0 saturated carbocycles. The molecule has 20 heavy (non-hydrogen) atoms. The number of hydrogen-bond donors (Lipinski definition) is 1. The van der Waals surface area contributed by atoms with Gasteiger partial charge in [0.2, 0.25) is 0 Å². The van der Waals surface area contributed by atoms with Crippen molar-refractivity contribution in [2.45, 2.75) is 33.6 Å². The highest BCUT2D eigenvalue weighted by Gasteiger charge is 2.17. The summed E-state index contributed by atoms with van der Waals surface area (Å²) in [4.78, 5) is 9.16. The number of aliphatic hydroxyl groups is 1. The number of anilines is 1. The number of aromatic nitrogens is 1. The van der Waals surface area contributed by atoms with Gasteiger partial charge < -0.3 is 10.0 Å². The van der Waals surface area contributed by atoms with Gasteiger partial charge in [-0.2, -0.15) is 0 Å². The van der Waals surface area contributed by atoms with Gasteiger partial charge >= 0.3 is 0 Å². The van der Waals surface area contributed by atoms with E-state index in [0.717, 1.165) is 38.5 Å². The molecule has 4 nitrogen and oxygen atoms in total. The molecule has 2 rings (SSSR count). The van der Waals surface area contributed by atoms with Gasteiger partial charge in [-0.1, -0.05) is 33.8 Å². The molecule has 4 heteroatoms. The van der Waals surface area contributed by atoms with Crippen molar-refractivity contribution in [2.75, 3.05) is 44.2 Å². The lowest BCUT2D eigenvalue weighted by Crippen LogP contribution is -2.47. The Morgan fingerprint density at radius 3 is 2.25 bits per heavy atom. The van der Waals surface area contributed by atoms with Crippen molar-refractivity contribution in [3.63, 3.8) is 0 Å². The van der Waals surface area contributed by atoms with Crippen LogP contribution >= 0.6 is 0 Å². The lowest BCUT2D eigenvalue weighted by atomic mass is 10.1. The fourth-order valence-corrected chi connectivity index (χ4v) is 2.27. The van der Waals surface area contributed by atoms with Crippen LogP contribution < -0.4 is 4.90 Å². The predicted octanol–water partition coefficient (Wildman–Crippen LogP) is 2.35. The van der Waals surface area contributed by atoms with Gasteiger partial charge in [-0.15, -0.1) is 0 Å². The number of rotatable bonds is 4. The molecule has 0 atom stereocenters. The van der Waals surface area contributed by atoms with Crippen molar-refractivity contribution in [1.29, 1.82) is 0 Å². The Morgan fingerprint density at radius 1 is 1.15 bits per heavy atom. The lowest BCUT2D eigenvalue weighted by molar-refractivity contribution is 0.188. The standard InChI is InChI=1S/C14H23N3O.C2H6/c1-12(2)13-3-4-14(15-11-13)17-7-5-16(6-8-17)9-10-18;1-2/h3-4,11-12,18H,5-10H2,1-2H3;1-2H3. The summed E-state index contributed by atoms with van der Waals surface area (Å²) in [6.07, 6.45) is 1.99. The number of aliphatic hydroxyl groups excluding tert-OH is 1. The largest absolute Gasteiger partial charge is 0.395 e. The SMILES string of the molecule is CC.CC(C)c1ccc(N2CCN(CCO)CC2)nc1. The van der Waals surface area contributed by atoms with Gasteiger partial charge in [0.15, 0.2) is 0 Å². The van der Waals surface area contributed by atoms with Gasteiger partial charge in [0, 0.05) is 38.9 Å². The zero-order valence-electron chi connectivity index (χ0n) is 13.3. The van der Waals surface area contributed by atoms with E-state index in [1.165, 1.54) is 5.56 Å². The Labute approximate surface area is 123 Å². The summed E-state index contributed by atoms with van der Waals surface area (Å²) in [5.41, 5.74) is 1.29. The molecule has 0 spiro atoms. The first-order valence-corrected chi connectivity index (χ1v) is 7.75. The van der Waals surface area contributed by atoms with E-state index in [1.54, 1.807) is 0 Å². The minimum Gasteiger partial charge on any atom is -0.395 e. The van der Waals surface area contributed by atoms with E-state index in [-0.39, 0.29) is 6.61 Å². The van der Waals surface area contributed by atoms with E-state index in [2.05, 4.69) is 40.8 Å². The van der Waals surface area contributed by atoms with Crippen LogP contribution in [0.5, 0.6) is 0 Å². The van der Waals surface area contributed by atoms with Crippen LogP contribution in [0.25, 0.3) is 0 Å². The van der Waals surface area contributed by atoms with Crippen LogP contribution in [-0.4, -0.2) is 54.3 Å². The Hall–Kier alpha value is -1.13. The first kappa shape index (κ1) is 16.9. The van der Waals surface area contributed by atoms with Crippen LogP contribution in [0, 0.1) is 0 Å². The lowest BCUT2D eigenvalue weighted by Gasteiger charge is -2.35. The van der Waals surface area contributed by atoms with Crippen molar-refractivity contribution >= 4 is 5.82 Å². The summed E-state index contributed by atoms with van der Waals surface area (Å²) in [5.74, 6) is 1.61. The fourth-order valence-electron chi connectivity index (χ4n) is 2.27. The summed E-state index contributed by atoms with van der Waals surface area (Å²) in [6, 6.07) is 4.30. The summed E-state index contributed by atoms with van der Waals surface area (Å²) in [7, 11) is 0. The van der Waals surface area contributed by atoms with Crippen molar-refractivity contribution < 1.29 is 5.11 Å². The van der Waals surface area contributed by atoms with Crippen LogP contribution in [0.2, 0.25) is 0 Å². The zero-order chi connectivity index (χ0) is 15.0. The number of β-amino-alcohol motifs (C(OH)–C–C–N with tert-alkyl or cyclic N) is 1. The van der Waals surface area contributed by atoms with Gasteiger partial charge in [0.05, 0.1) is 6.61 Å². The number of piperazine rings is 1. The van der Waals surface area contributed by atoms with Crippen molar-refractivity contribution in [3.05, 3.63) is 23.9 Å². The van der Waals surface area contributed by atoms with E-state index in [4.69, 9.17) is 5.11 Å². The molecular weight excluding hydrogens is 250 g/mol. The average molecular weight is 279 g/mol. The molecule has 1 aromatic rings. The van der Waals surface area contributed by atoms with E-state index in [9.17, 15) is 0 Å². The van der Waals surface area contributed by atoms with E-state index >= 15 is 0 Å². The second-order valence-electron chi connectivity index (χ2n) is 5.16. The normalized spacial score (nSPS) is 16.0. The maximum absolute atomic E-state index is 8.92. The molecule has 1 aliphatic rings. The van der Waals surface area contributed by atoms with Crippen molar-refractivity contribution in [2.24, 2.45) is 0 Å². The maximum atomic E-state index is 8.92. The van der Waals surface area contributed by atoms with Crippen LogP contribution in [0.3, 0.4) is 0 Å². The Balaban J connectivity index is 0.000000956. The van der Waals surface area contributed by atoms with Crippen LogP contribution in [0.15, 0.2) is 18.3 Å². The van der Waals surface area contributed by atoms with Crippen molar-refractivity contribution in [3.8, 4) is 0 Å². The third-order valence-electron chi connectivity index (χ3n) is 3.55. The van der Waals surface area contributed by atoms with Crippen LogP contribution in [-0.2, 0) is 0 Å². The second kappa shape index (κ2) is 8.93. The van der Waals surface area contributed by atoms with Crippen LogP contribution in [0.1, 0.15) is 39.2 Å². The number of pyridine rings is 1. The molecule has 1 N–H and O–H groups in total. The van der Waals surface area contributed by atoms with Gasteiger partial charge in [-0.05, 0) is 17.5 Å². The molecular formula is C16H29N3O. The molecule has 1 saturated heterocycles. The average Bonchev–Trinajstić information content (AvgIpc) is 2.50. The van der Waals surface area contributed by atoms with E-state index in [0.29, 0.717) is 5.92 Å². The third kappa shape index (κ3) is 4.76.